The number of carbonyl (C=O) groups is 1. The number of halogens is 1. The van der Waals surface area contributed by atoms with E-state index >= 15 is 0 Å². The van der Waals surface area contributed by atoms with E-state index in [-0.39, 0.29) is 6.42 Å². The van der Waals surface area contributed by atoms with E-state index in [1.54, 1.807) is 0 Å². The molecule has 0 bridgehead atoms. The van der Waals surface area contributed by atoms with Gasteiger partial charge >= 0.3 is 5.97 Å². The maximum absolute atomic E-state index is 12.5. The van der Waals surface area contributed by atoms with Gasteiger partial charge in [0.15, 0.2) is 0 Å². The molecule has 1 rings (SSSR count). The van der Waals surface area contributed by atoms with Gasteiger partial charge in [-0.2, -0.15) is 4.39 Å². The molecule has 0 spiro atoms. The zero-order valence-corrected chi connectivity index (χ0v) is 6.65. The molecule has 0 unspecified atom stereocenters. The number of ether oxygens (including phenoxy) is 1. The molecule has 0 fully saturated rings. The fourth-order valence-electron chi connectivity index (χ4n) is 0.575. The maximum atomic E-state index is 12.5. The molecule has 5 heteroatoms. The third-order valence-electron chi connectivity index (χ3n) is 1.12. The third kappa shape index (κ3) is 1.98. The lowest BCUT2D eigenvalue weighted by Crippen LogP contribution is -2.04. The molecular weight excluding hydrogens is 169 g/mol. The van der Waals surface area contributed by atoms with Gasteiger partial charge in [0.2, 0.25) is 5.95 Å². The molecule has 11 heavy (non-hydrogen) atoms. The highest BCUT2D eigenvalue weighted by Crippen LogP contribution is 2.12. The van der Waals surface area contributed by atoms with Crippen molar-refractivity contribution >= 4 is 17.3 Å². The average molecular weight is 175 g/mol. The number of hydrogen-bond donors (Lipinski definition) is 0. The quantitative estimate of drug-likeness (QED) is 0.629. The predicted molar refractivity (Wildman–Crippen MR) is 37.8 cm³/mol. The van der Waals surface area contributed by atoms with Crippen molar-refractivity contribution in [1.82, 2.24) is 4.98 Å². The van der Waals surface area contributed by atoms with E-state index in [2.05, 4.69) is 9.72 Å². The van der Waals surface area contributed by atoms with Crippen molar-refractivity contribution in [3.8, 4) is 0 Å². The van der Waals surface area contributed by atoms with Gasteiger partial charge in [0, 0.05) is 0 Å². The summed E-state index contributed by atoms with van der Waals surface area (Å²) in [6.45, 7) is 0. The molecule has 0 radical (unpaired) electrons. The molecule has 1 aromatic rings. The van der Waals surface area contributed by atoms with Crippen LogP contribution >= 0.6 is 11.3 Å². The van der Waals surface area contributed by atoms with Crippen LogP contribution in [-0.4, -0.2) is 18.1 Å². The summed E-state index contributed by atoms with van der Waals surface area (Å²) in [4.78, 5) is 14.3. The summed E-state index contributed by atoms with van der Waals surface area (Å²) in [6.07, 6.45) is -0.0347. The first-order chi connectivity index (χ1) is 5.24. The summed E-state index contributed by atoms with van der Waals surface area (Å²) in [7, 11) is 1.27. The normalized spacial score (nSPS) is 9.64. The van der Waals surface area contributed by atoms with Crippen LogP contribution in [0.3, 0.4) is 0 Å². The Bertz CT molecular complexity index is 261. The Morgan fingerprint density at radius 3 is 3.09 bits per heavy atom. The van der Waals surface area contributed by atoms with Gasteiger partial charge in [-0.05, 0) is 0 Å². The summed E-state index contributed by atoms with van der Waals surface area (Å²) < 4.78 is 16.9. The van der Waals surface area contributed by atoms with Crippen molar-refractivity contribution in [2.75, 3.05) is 7.11 Å². The highest BCUT2D eigenvalue weighted by atomic mass is 32.1. The molecule has 0 aromatic carbocycles. The molecule has 0 saturated carbocycles. The van der Waals surface area contributed by atoms with E-state index in [0.29, 0.717) is 4.88 Å². The lowest BCUT2D eigenvalue weighted by molar-refractivity contribution is -0.139. The zero-order chi connectivity index (χ0) is 8.27. The number of nitrogens with zero attached hydrogens (tertiary/aromatic N) is 1. The lowest BCUT2D eigenvalue weighted by Gasteiger charge is -1.93. The van der Waals surface area contributed by atoms with Gasteiger partial charge in [0.25, 0.3) is 0 Å². The van der Waals surface area contributed by atoms with Crippen LogP contribution in [0.4, 0.5) is 4.39 Å². The van der Waals surface area contributed by atoms with Gasteiger partial charge in [-0.1, -0.05) is 0 Å². The van der Waals surface area contributed by atoms with E-state index < -0.39 is 11.9 Å². The van der Waals surface area contributed by atoms with Crippen molar-refractivity contribution < 1.29 is 13.9 Å². The second-order valence-corrected chi connectivity index (χ2v) is 2.76. The summed E-state index contributed by atoms with van der Waals surface area (Å²) in [6, 6.07) is 0. The molecule has 0 aliphatic rings. The summed E-state index contributed by atoms with van der Waals surface area (Å²) in [5, 5.41) is 0. The molecule has 0 aliphatic carbocycles. The lowest BCUT2D eigenvalue weighted by atomic mass is 10.4. The van der Waals surface area contributed by atoms with Gasteiger partial charge < -0.3 is 4.74 Å². The molecule has 0 aliphatic heterocycles. The Hall–Kier alpha value is -0.970. The number of rotatable bonds is 2. The number of esters is 1. The monoisotopic (exact) mass is 175 g/mol. The largest absolute Gasteiger partial charge is 0.469 e. The van der Waals surface area contributed by atoms with E-state index in [1.807, 2.05) is 0 Å². The van der Waals surface area contributed by atoms with Gasteiger partial charge in [0.1, 0.15) is 0 Å². The Morgan fingerprint density at radius 2 is 2.64 bits per heavy atom. The Balaban J connectivity index is 2.64. The molecule has 0 N–H and O–H groups in total. The SMILES string of the molecule is COC(=O)Cc1scnc1F. The van der Waals surface area contributed by atoms with Gasteiger partial charge in [0.05, 0.1) is 23.9 Å². The molecule has 0 saturated heterocycles. The van der Waals surface area contributed by atoms with Gasteiger partial charge in [-0.3, -0.25) is 4.79 Å². The van der Waals surface area contributed by atoms with Crippen LogP contribution in [-0.2, 0) is 16.0 Å². The summed E-state index contributed by atoms with van der Waals surface area (Å²) in [5.74, 6) is -1.03. The van der Waals surface area contributed by atoms with Gasteiger partial charge in [-0.25, -0.2) is 4.98 Å². The topological polar surface area (TPSA) is 39.2 Å². The molecule has 3 nitrogen and oxygen atoms in total. The minimum atomic E-state index is -0.583. The van der Waals surface area contributed by atoms with E-state index in [9.17, 15) is 9.18 Å². The Kier molecular flexibility index (Phi) is 2.53. The highest BCUT2D eigenvalue weighted by Gasteiger charge is 2.09. The second kappa shape index (κ2) is 3.43. The van der Waals surface area contributed by atoms with Crippen LogP contribution in [0.15, 0.2) is 5.51 Å². The average Bonchev–Trinajstić information content (AvgIpc) is 2.37. The minimum absolute atomic E-state index is 0.0347. The number of aromatic nitrogens is 1. The van der Waals surface area contributed by atoms with Crippen LogP contribution in [0.1, 0.15) is 4.88 Å². The Labute approximate surface area is 66.8 Å². The van der Waals surface area contributed by atoms with Crippen LogP contribution < -0.4 is 0 Å². The van der Waals surface area contributed by atoms with Crippen LogP contribution in [0.2, 0.25) is 0 Å². The first-order valence-electron chi connectivity index (χ1n) is 2.88. The van der Waals surface area contributed by atoms with E-state index in [4.69, 9.17) is 0 Å². The molecule has 60 valence electrons. The fraction of sp³-hybridized carbons (Fsp3) is 0.333. The smallest absolute Gasteiger partial charge is 0.310 e. The molecular formula is C6H6FNO2S. The molecule has 1 aromatic heterocycles. The van der Waals surface area contributed by atoms with Crippen molar-refractivity contribution in [1.29, 1.82) is 0 Å². The van der Waals surface area contributed by atoms with Crippen LogP contribution in [0, 0.1) is 5.95 Å². The van der Waals surface area contributed by atoms with Crippen molar-refractivity contribution in [3.63, 3.8) is 0 Å². The zero-order valence-electron chi connectivity index (χ0n) is 5.83. The van der Waals surface area contributed by atoms with Crippen molar-refractivity contribution in [2.24, 2.45) is 0 Å². The number of thiazole rings is 1. The van der Waals surface area contributed by atoms with Crippen LogP contribution in [0.5, 0.6) is 0 Å². The molecule has 0 amide bonds. The second-order valence-electron chi connectivity index (χ2n) is 1.82. The predicted octanol–water partition coefficient (Wildman–Crippen LogP) is 0.998. The first-order valence-corrected chi connectivity index (χ1v) is 3.76. The summed E-state index contributed by atoms with van der Waals surface area (Å²) in [5.41, 5.74) is 1.35. The summed E-state index contributed by atoms with van der Waals surface area (Å²) >= 11 is 1.11. The Morgan fingerprint density at radius 1 is 1.91 bits per heavy atom. The fourth-order valence-corrected chi connectivity index (χ4v) is 1.20. The number of methoxy groups -OCH3 is 1. The van der Waals surface area contributed by atoms with Crippen molar-refractivity contribution in [3.05, 3.63) is 16.3 Å². The van der Waals surface area contributed by atoms with E-state index in [1.165, 1.54) is 12.6 Å². The van der Waals surface area contributed by atoms with Crippen LogP contribution in [0.25, 0.3) is 0 Å². The van der Waals surface area contributed by atoms with E-state index in [0.717, 1.165) is 11.3 Å². The standard InChI is InChI=1S/C6H6FNO2S/c1-10-5(9)2-4-6(7)8-3-11-4/h3H,2H2,1H3. The maximum Gasteiger partial charge on any atom is 0.310 e. The molecule has 1 heterocycles. The van der Waals surface area contributed by atoms with Crippen molar-refractivity contribution in [2.45, 2.75) is 6.42 Å². The molecule has 0 atom stereocenters. The first kappa shape index (κ1) is 8.13. The number of hydrogen-bond acceptors (Lipinski definition) is 4. The highest BCUT2D eigenvalue weighted by molar-refractivity contribution is 7.09. The van der Waals surface area contributed by atoms with Gasteiger partial charge in [-0.15, -0.1) is 11.3 Å². The number of carbonyl (C=O) groups excluding carboxylic acids is 1. The minimum Gasteiger partial charge on any atom is -0.469 e. The third-order valence-corrected chi connectivity index (χ3v) is 1.93.